The van der Waals surface area contributed by atoms with Crippen LogP contribution in [0.5, 0.6) is 0 Å². The fourth-order valence-corrected chi connectivity index (χ4v) is 3.90. The molecule has 0 atom stereocenters. The highest BCUT2D eigenvalue weighted by Crippen LogP contribution is 2.28. The molecule has 0 unspecified atom stereocenters. The van der Waals surface area contributed by atoms with Gasteiger partial charge in [-0.1, -0.05) is 13.8 Å². The molecule has 2 aromatic carbocycles. The molecule has 9 nitrogen and oxygen atoms in total. The number of nitrogens with one attached hydrogen (secondary N) is 2. The zero-order valence-corrected chi connectivity index (χ0v) is 20.8. The van der Waals surface area contributed by atoms with E-state index in [1.54, 1.807) is 60.7 Å². The molecule has 9 heteroatoms. The maximum absolute atomic E-state index is 12.8. The number of hydrogen-bond donors (Lipinski definition) is 3. The second-order valence-electron chi connectivity index (χ2n) is 9.19. The minimum Gasteiger partial charge on any atom is -0.389 e. The summed E-state index contributed by atoms with van der Waals surface area (Å²) in [4.78, 5) is 31.8. The third kappa shape index (κ3) is 6.16. The van der Waals surface area contributed by atoms with E-state index >= 15 is 0 Å². The highest BCUT2D eigenvalue weighted by molar-refractivity contribution is 6.00. The van der Waals surface area contributed by atoms with Gasteiger partial charge in [-0.15, -0.1) is 0 Å². The molecule has 0 radical (unpaired) electrons. The standard InChI is InChI=1S/C26H32N6O3/c1-6-18(7-2)23(33)31(5)20-12-13-22-21(14-20)29-24(32(22)16-26(3,4)35)30-25(34)28-19-10-8-17(15-27)9-11-19/h8-14,18,35H,6-7,16H2,1-5H3,(H2,28,29,30,34). The first-order valence-corrected chi connectivity index (χ1v) is 11.6. The summed E-state index contributed by atoms with van der Waals surface area (Å²) in [6.07, 6.45) is 1.54. The minimum absolute atomic E-state index is 0.0467. The van der Waals surface area contributed by atoms with Gasteiger partial charge in [0.2, 0.25) is 11.9 Å². The SMILES string of the molecule is CCC(CC)C(=O)N(C)c1ccc2c(c1)nc(NC(=O)Nc1ccc(C#N)cc1)n2CC(C)(C)O. The third-order valence-electron chi connectivity index (χ3n) is 5.83. The first kappa shape index (κ1) is 25.7. The van der Waals surface area contributed by atoms with E-state index in [0.29, 0.717) is 28.0 Å². The molecule has 0 saturated carbocycles. The highest BCUT2D eigenvalue weighted by atomic mass is 16.3. The largest absolute Gasteiger partial charge is 0.389 e. The van der Waals surface area contributed by atoms with Crippen molar-refractivity contribution in [3.05, 3.63) is 48.0 Å². The first-order chi connectivity index (χ1) is 16.6. The molecule has 3 amide bonds. The molecule has 35 heavy (non-hydrogen) atoms. The van der Waals surface area contributed by atoms with Crippen LogP contribution in [0.1, 0.15) is 46.1 Å². The molecule has 0 aliphatic heterocycles. The van der Waals surface area contributed by atoms with Crippen LogP contribution in [0.3, 0.4) is 0 Å². The van der Waals surface area contributed by atoms with E-state index in [-0.39, 0.29) is 24.3 Å². The predicted molar refractivity (Wildman–Crippen MR) is 137 cm³/mol. The molecule has 0 spiro atoms. The van der Waals surface area contributed by atoms with Gasteiger partial charge in [0.25, 0.3) is 0 Å². The van der Waals surface area contributed by atoms with Gasteiger partial charge in [-0.05, 0) is 69.2 Å². The van der Waals surface area contributed by atoms with Crippen molar-refractivity contribution >= 4 is 40.3 Å². The van der Waals surface area contributed by atoms with Crippen LogP contribution in [-0.2, 0) is 11.3 Å². The summed E-state index contributed by atoms with van der Waals surface area (Å²) in [5.41, 5.74) is 1.96. The Kier molecular flexibility index (Phi) is 7.77. The number of fused-ring (bicyclic) bond motifs is 1. The zero-order chi connectivity index (χ0) is 25.8. The predicted octanol–water partition coefficient (Wildman–Crippen LogP) is 4.72. The van der Waals surface area contributed by atoms with Gasteiger partial charge < -0.3 is 19.9 Å². The smallest absolute Gasteiger partial charge is 0.326 e. The first-order valence-electron chi connectivity index (χ1n) is 11.6. The number of amides is 3. The van der Waals surface area contributed by atoms with Crippen LogP contribution in [0.2, 0.25) is 0 Å². The number of anilines is 3. The van der Waals surface area contributed by atoms with Crippen LogP contribution in [0, 0.1) is 17.2 Å². The number of imidazole rings is 1. The number of aromatic nitrogens is 2. The molecule has 0 aliphatic rings. The molecule has 0 saturated heterocycles. The highest BCUT2D eigenvalue weighted by Gasteiger charge is 2.23. The van der Waals surface area contributed by atoms with Crippen LogP contribution in [0.4, 0.5) is 22.1 Å². The number of aliphatic hydroxyl groups is 1. The number of nitriles is 1. The van der Waals surface area contributed by atoms with Crippen molar-refractivity contribution in [2.75, 3.05) is 22.6 Å². The Balaban J connectivity index is 1.92. The number of carbonyl (C=O) groups excluding carboxylic acids is 2. The molecule has 3 rings (SSSR count). The fourth-order valence-electron chi connectivity index (χ4n) is 3.90. The summed E-state index contributed by atoms with van der Waals surface area (Å²) >= 11 is 0. The number of nitrogens with zero attached hydrogens (tertiary/aromatic N) is 4. The van der Waals surface area contributed by atoms with Crippen molar-refractivity contribution in [1.82, 2.24) is 9.55 Å². The Labute approximate surface area is 205 Å². The number of benzene rings is 2. The van der Waals surface area contributed by atoms with Gasteiger partial charge in [-0.3, -0.25) is 10.1 Å². The van der Waals surface area contributed by atoms with E-state index in [1.807, 2.05) is 32.0 Å². The van der Waals surface area contributed by atoms with Crippen molar-refractivity contribution in [3.63, 3.8) is 0 Å². The summed E-state index contributed by atoms with van der Waals surface area (Å²) in [6.45, 7) is 7.55. The lowest BCUT2D eigenvalue weighted by Gasteiger charge is -2.23. The third-order valence-corrected chi connectivity index (χ3v) is 5.83. The Morgan fingerprint density at radius 1 is 1.14 bits per heavy atom. The molecule has 0 aliphatic carbocycles. The normalized spacial score (nSPS) is 11.4. The van der Waals surface area contributed by atoms with E-state index in [9.17, 15) is 14.7 Å². The number of urea groups is 1. The minimum atomic E-state index is -1.06. The Bertz CT molecular complexity index is 1250. The molecule has 0 bridgehead atoms. The van der Waals surface area contributed by atoms with Crippen LogP contribution in [0.15, 0.2) is 42.5 Å². The topological polar surface area (TPSA) is 123 Å². The van der Waals surface area contributed by atoms with Crippen molar-refractivity contribution in [3.8, 4) is 6.07 Å². The zero-order valence-electron chi connectivity index (χ0n) is 20.8. The van der Waals surface area contributed by atoms with Gasteiger partial charge in [-0.25, -0.2) is 9.78 Å². The van der Waals surface area contributed by atoms with Gasteiger partial charge in [0.15, 0.2) is 0 Å². The lowest BCUT2D eigenvalue weighted by Crippen LogP contribution is -2.32. The molecule has 3 N–H and O–H groups in total. The maximum atomic E-state index is 12.8. The summed E-state index contributed by atoms with van der Waals surface area (Å²) in [5, 5.41) is 24.9. The van der Waals surface area contributed by atoms with Crippen LogP contribution in [0.25, 0.3) is 11.0 Å². The summed E-state index contributed by atoms with van der Waals surface area (Å²) in [7, 11) is 1.75. The van der Waals surface area contributed by atoms with E-state index in [1.165, 1.54) is 0 Å². The van der Waals surface area contributed by atoms with Crippen LogP contribution in [-0.4, -0.2) is 39.2 Å². The molecule has 3 aromatic rings. The summed E-state index contributed by atoms with van der Waals surface area (Å²) in [5.74, 6) is 0.261. The Hall–Kier alpha value is -3.90. The van der Waals surface area contributed by atoms with Crippen LogP contribution < -0.4 is 15.5 Å². The van der Waals surface area contributed by atoms with E-state index in [0.717, 1.165) is 12.8 Å². The quantitative estimate of drug-likeness (QED) is 0.434. The van der Waals surface area contributed by atoms with Gasteiger partial charge in [0, 0.05) is 24.3 Å². The van der Waals surface area contributed by atoms with Gasteiger partial charge >= 0.3 is 6.03 Å². The number of rotatable bonds is 8. The van der Waals surface area contributed by atoms with Crippen LogP contribution >= 0.6 is 0 Å². The average Bonchev–Trinajstić information content (AvgIpc) is 3.14. The van der Waals surface area contributed by atoms with Crippen molar-refractivity contribution in [1.29, 1.82) is 5.26 Å². The van der Waals surface area contributed by atoms with Gasteiger partial charge in [0.05, 0.1) is 34.8 Å². The second kappa shape index (κ2) is 10.6. The van der Waals surface area contributed by atoms with Gasteiger partial charge in [0.1, 0.15) is 0 Å². The number of hydrogen-bond acceptors (Lipinski definition) is 5. The second-order valence-corrected chi connectivity index (χ2v) is 9.19. The van der Waals surface area contributed by atoms with Gasteiger partial charge in [-0.2, -0.15) is 5.26 Å². The lowest BCUT2D eigenvalue weighted by molar-refractivity contribution is -0.122. The average molecular weight is 477 g/mol. The molecule has 184 valence electrons. The molecule has 1 aromatic heterocycles. The van der Waals surface area contributed by atoms with E-state index in [4.69, 9.17) is 5.26 Å². The summed E-state index contributed by atoms with van der Waals surface area (Å²) < 4.78 is 1.74. The van der Waals surface area contributed by atoms with E-state index in [2.05, 4.69) is 15.6 Å². The molecule has 1 heterocycles. The lowest BCUT2D eigenvalue weighted by atomic mass is 10.0. The van der Waals surface area contributed by atoms with Crippen molar-refractivity contribution < 1.29 is 14.7 Å². The molecule has 0 fully saturated rings. The fraction of sp³-hybridized carbons (Fsp3) is 0.385. The monoisotopic (exact) mass is 476 g/mol. The maximum Gasteiger partial charge on any atom is 0.326 e. The van der Waals surface area contributed by atoms with E-state index < -0.39 is 11.6 Å². The molecular formula is C26H32N6O3. The number of carbonyl (C=O) groups is 2. The molecular weight excluding hydrogens is 444 g/mol. The Morgan fingerprint density at radius 2 is 1.80 bits per heavy atom. The Morgan fingerprint density at radius 3 is 2.37 bits per heavy atom. The van der Waals surface area contributed by atoms with Crippen molar-refractivity contribution in [2.45, 2.75) is 52.7 Å². The van der Waals surface area contributed by atoms with Crippen molar-refractivity contribution in [2.24, 2.45) is 5.92 Å². The summed E-state index contributed by atoms with van der Waals surface area (Å²) in [6, 6.07) is 13.5.